The van der Waals surface area contributed by atoms with E-state index < -0.39 is 12.1 Å². The van der Waals surface area contributed by atoms with Gasteiger partial charge in [-0.15, -0.1) is 10.2 Å². The average molecular weight is 537 g/mol. The molecule has 0 aromatic carbocycles. The van der Waals surface area contributed by atoms with Crippen molar-refractivity contribution in [3.8, 4) is 11.5 Å². The Kier molecular flexibility index (Phi) is 7.94. The highest BCUT2D eigenvalue weighted by Crippen LogP contribution is 2.34. The second-order valence-electron chi connectivity index (χ2n) is 8.56. The number of aryl methyl sites for hydroxylation is 3. The fourth-order valence-corrected chi connectivity index (χ4v) is 3.96. The van der Waals surface area contributed by atoms with Gasteiger partial charge in [0.1, 0.15) is 5.76 Å². The molecule has 4 aromatic heterocycles. The van der Waals surface area contributed by atoms with Crippen LogP contribution in [-0.2, 0) is 22.5 Å². The number of hydrogen-bond donors (Lipinski definition) is 2. The van der Waals surface area contributed by atoms with E-state index in [1.807, 2.05) is 31.6 Å². The van der Waals surface area contributed by atoms with Crippen molar-refractivity contribution < 1.29 is 36.7 Å². The molecule has 0 saturated carbocycles. The minimum absolute atomic E-state index is 0.299. The SMILES string of the molecule is CCn1ncc2c(NC3CCOCC3)c(-c3nnc(Cc4c(C)noc4C)o3)cnc21.O=C(O)C(F)(F)F. The third-order valence-electron chi connectivity index (χ3n) is 5.98. The van der Waals surface area contributed by atoms with E-state index in [0.29, 0.717) is 24.2 Å². The summed E-state index contributed by atoms with van der Waals surface area (Å²) in [7, 11) is 0. The number of ether oxygens (including phenoxy) is 1. The van der Waals surface area contributed by atoms with Gasteiger partial charge >= 0.3 is 12.1 Å². The zero-order valence-electron chi connectivity index (χ0n) is 20.9. The lowest BCUT2D eigenvalue weighted by Crippen LogP contribution is -2.28. The van der Waals surface area contributed by atoms with Crippen molar-refractivity contribution in [2.24, 2.45) is 0 Å². The molecule has 5 rings (SSSR count). The first-order chi connectivity index (χ1) is 18.1. The van der Waals surface area contributed by atoms with Crippen molar-refractivity contribution in [3.05, 3.63) is 35.3 Å². The van der Waals surface area contributed by atoms with E-state index in [9.17, 15) is 13.2 Å². The summed E-state index contributed by atoms with van der Waals surface area (Å²) in [4.78, 5) is 13.5. The molecule has 38 heavy (non-hydrogen) atoms. The molecule has 1 fully saturated rings. The summed E-state index contributed by atoms with van der Waals surface area (Å²) in [6.07, 6.45) is 0.891. The van der Waals surface area contributed by atoms with Gasteiger partial charge in [-0.05, 0) is 33.6 Å². The first kappa shape index (κ1) is 27.0. The molecule has 1 aliphatic rings. The van der Waals surface area contributed by atoms with Gasteiger partial charge in [0.25, 0.3) is 5.89 Å². The van der Waals surface area contributed by atoms with Gasteiger partial charge in [-0.2, -0.15) is 18.3 Å². The van der Waals surface area contributed by atoms with Gasteiger partial charge < -0.3 is 24.1 Å². The summed E-state index contributed by atoms with van der Waals surface area (Å²) in [6, 6.07) is 0.299. The maximum Gasteiger partial charge on any atom is 0.490 e. The standard InChI is InChI=1S/C21H25N7O3.C2HF3O2/c1-4-28-20-16(11-23-28)19(24-14-5-7-29-8-6-14)17(10-22-20)21-26-25-18(30-21)9-15-12(2)27-31-13(15)3;3-2(4,5)1(6)7/h10-11,14H,4-9H2,1-3H3,(H,22,24);(H,6,7). The number of rotatable bonds is 6. The van der Waals surface area contributed by atoms with Gasteiger partial charge in [0.2, 0.25) is 5.89 Å². The van der Waals surface area contributed by atoms with Crippen LogP contribution in [0, 0.1) is 13.8 Å². The summed E-state index contributed by atoms with van der Waals surface area (Å²) in [5.41, 5.74) is 4.32. The van der Waals surface area contributed by atoms with E-state index in [4.69, 9.17) is 23.6 Å². The number of nitrogens with zero attached hydrogens (tertiary/aromatic N) is 6. The normalized spacial score (nSPS) is 14.4. The molecular weight excluding hydrogens is 511 g/mol. The van der Waals surface area contributed by atoms with Gasteiger partial charge in [-0.1, -0.05) is 5.16 Å². The first-order valence-electron chi connectivity index (χ1n) is 11.8. The number of carboxylic acid groups (broad SMARTS) is 1. The lowest BCUT2D eigenvalue weighted by atomic mass is 10.1. The van der Waals surface area contributed by atoms with Crippen molar-refractivity contribution >= 4 is 22.7 Å². The number of anilines is 1. The number of nitrogens with one attached hydrogen (secondary N) is 1. The van der Waals surface area contributed by atoms with E-state index in [1.165, 1.54) is 0 Å². The fraction of sp³-hybridized carbons (Fsp3) is 0.478. The minimum Gasteiger partial charge on any atom is -0.475 e. The molecule has 5 heterocycles. The Balaban J connectivity index is 0.000000426. The summed E-state index contributed by atoms with van der Waals surface area (Å²) in [5, 5.41) is 28.8. The van der Waals surface area contributed by atoms with E-state index in [0.717, 1.165) is 71.9 Å². The maximum atomic E-state index is 10.6. The van der Waals surface area contributed by atoms with Gasteiger partial charge in [0.15, 0.2) is 5.65 Å². The molecule has 0 amide bonds. The number of aromatic nitrogens is 6. The van der Waals surface area contributed by atoms with Crippen LogP contribution >= 0.6 is 0 Å². The number of fused-ring (bicyclic) bond motifs is 1. The molecule has 1 aliphatic heterocycles. The van der Waals surface area contributed by atoms with Crippen LogP contribution in [0.2, 0.25) is 0 Å². The van der Waals surface area contributed by atoms with Gasteiger partial charge in [-0.3, -0.25) is 0 Å². The van der Waals surface area contributed by atoms with Gasteiger partial charge in [0.05, 0.1) is 34.9 Å². The average Bonchev–Trinajstić information content (AvgIpc) is 3.60. The monoisotopic (exact) mass is 537 g/mol. The minimum atomic E-state index is -5.08. The largest absolute Gasteiger partial charge is 0.490 e. The quantitative estimate of drug-likeness (QED) is 0.368. The molecule has 0 spiro atoms. The first-order valence-corrected chi connectivity index (χ1v) is 11.8. The van der Waals surface area contributed by atoms with Crippen molar-refractivity contribution in [3.63, 3.8) is 0 Å². The molecule has 0 aliphatic carbocycles. The van der Waals surface area contributed by atoms with Crippen LogP contribution in [0.4, 0.5) is 18.9 Å². The molecule has 0 unspecified atom stereocenters. The van der Waals surface area contributed by atoms with Gasteiger partial charge in [-0.25, -0.2) is 14.5 Å². The van der Waals surface area contributed by atoms with Crippen LogP contribution in [-0.4, -0.2) is 66.6 Å². The van der Waals surface area contributed by atoms with Crippen LogP contribution in [0.1, 0.15) is 42.7 Å². The Morgan fingerprint density at radius 1 is 1.21 bits per heavy atom. The van der Waals surface area contributed by atoms with Crippen molar-refractivity contribution in [2.45, 2.75) is 58.8 Å². The third-order valence-corrected chi connectivity index (χ3v) is 5.98. The number of aliphatic carboxylic acids is 1. The van der Waals surface area contributed by atoms with Crippen molar-refractivity contribution in [1.29, 1.82) is 0 Å². The summed E-state index contributed by atoms with van der Waals surface area (Å²) in [6.45, 7) is 8.07. The highest BCUT2D eigenvalue weighted by atomic mass is 19.4. The Bertz CT molecular complexity index is 1390. The smallest absolute Gasteiger partial charge is 0.475 e. The van der Waals surface area contributed by atoms with Crippen molar-refractivity contribution in [1.82, 2.24) is 30.1 Å². The fourth-order valence-electron chi connectivity index (χ4n) is 3.96. The molecule has 204 valence electrons. The van der Waals surface area contributed by atoms with Crippen LogP contribution in [0.25, 0.3) is 22.5 Å². The number of alkyl halides is 3. The summed E-state index contributed by atoms with van der Waals surface area (Å²) < 4.78 is 50.4. The lowest BCUT2D eigenvalue weighted by Gasteiger charge is -2.25. The molecule has 15 heteroatoms. The highest BCUT2D eigenvalue weighted by Gasteiger charge is 2.38. The van der Waals surface area contributed by atoms with Crippen LogP contribution in [0.5, 0.6) is 0 Å². The molecular formula is C23H26F3N7O5. The van der Waals surface area contributed by atoms with Gasteiger partial charge in [0, 0.05) is 37.6 Å². The number of carboxylic acids is 1. The van der Waals surface area contributed by atoms with E-state index >= 15 is 0 Å². The number of halogens is 3. The molecule has 0 atom stereocenters. The number of pyridine rings is 1. The molecule has 4 aromatic rings. The Labute approximate surface area is 214 Å². The second-order valence-corrected chi connectivity index (χ2v) is 8.56. The molecule has 12 nitrogen and oxygen atoms in total. The van der Waals surface area contributed by atoms with Crippen molar-refractivity contribution in [2.75, 3.05) is 18.5 Å². The van der Waals surface area contributed by atoms with E-state index in [1.54, 1.807) is 6.20 Å². The zero-order chi connectivity index (χ0) is 27.4. The summed E-state index contributed by atoms with van der Waals surface area (Å²) >= 11 is 0. The molecule has 1 saturated heterocycles. The van der Waals surface area contributed by atoms with E-state index in [-0.39, 0.29) is 0 Å². The van der Waals surface area contributed by atoms with E-state index in [2.05, 4.69) is 30.8 Å². The number of hydrogen-bond acceptors (Lipinski definition) is 10. The van der Waals surface area contributed by atoms with Crippen LogP contribution in [0.15, 0.2) is 21.3 Å². The topological polar surface area (TPSA) is 154 Å². The second kappa shape index (κ2) is 11.2. The lowest BCUT2D eigenvalue weighted by molar-refractivity contribution is -0.192. The molecule has 0 bridgehead atoms. The van der Waals surface area contributed by atoms with Crippen LogP contribution < -0.4 is 5.32 Å². The Morgan fingerprint density at radius 3 is 2.53 bits per heavy atom. The predicted octanol–water partition coefficient (Wildman–Crippen LogP) is 3.92. The maximum absolute atomic E-state index is 10.6. The zero-order valence-corrected chi connectivity index (χ0v) is 20.9. The Morgan fingerprint density at radius 2 is 1.92 bits per heavy atom. The molecule has 2 N–H and O–H groups in total. The predicted molar refractivity (Wildman–Crippen MR) is 126 cm³/mol. The van der Waals surface area contributed by atoms with Crippen LogP contribution in [0.3, 0.4) is 0 Å². The third kappa shape index (κ3) is 5.93. The summed E-state index contributed by atoms with van der Waals surface area (Å²) in [5.74, 6) is -1.07. The molecule has 0 radical (unpaired) electrons. The number of carbonyl (C=O) groups is 1. The Hall–Kier alpha value is -4.01. The highest BCUT2D eigenvalue weighted by molar-refractivity contribution is 5.96.